The zero-order valence-electron chi connectivity index (χ0n) is 11.0. The van der Waals surface area contributed by atoms with Crippen LogP contribution in [0.3, 0.4) is 0 Å². The average Bonchev–Trinajstić information content (AvgIpc) is 2.28. The molecule has 100 valence electrons. The molecule has 0 spiro atoms. The molecule has 1 rings (SSSR count). The molecule has 0 radical (unpaired) electrons. The van der Waals surface area contributed by atoms with Gasteiger partial charge in [0.25, 0.3) is 0 Å². The van der Waals surface area contributed by atoms with Crippen LogP contribution < -0.4 is 10.6 Å². The van der Waals surface area contributed by atoms with Gasteiger partial charge < -0.3 is 20.1 Å². The predicted octanol–water partition coefficient (Wildman–Crippen LogP) is 0.296. The predicted molar refractivity (Wildman–Crippen MR) is 65.9 cm³/mol. The lowest BCUT2D eigenvalue weighted by molar-refractivity contribution is -0.121. The van der Waals surface area contributed by atoms with E-state index in [0.717, 1.165) is 26.1 Å². The van der Waals surface area contributed by atoms with Crippen molar-refractivity contribution in [2.24, 2.45) is 0 Å². The number of ether oxygens (including phenoxy) is 2. The minimum Gasteiger partial charge on any atom is -0.383 e. The van der Waals surface area contributed by atoms with E-state index in [2.05, 4.69) is 10.6 Å². The smallest absolute Gasteiger partial charge is 0.234 e. The van der Waals surface area contributed by atoms with Crippen molar-refractivity contribution in [1.29, 1.82) is 0 Å². The number of methoxy groups -OCH3 is 1. The number of rotatable bonds is 6. The zero-order valence-corrected chi connectivity index (χ0v) is 11.0. The molecule has 0 unspecified atom stereocenters. The van der Waals surface area contributed by atoms with Crippen LogP contribution in [0, 0.1) is 0 Å². The van der Waals surface area contributed by atoms with Crippen LogP contribution in [0.2, 0.25) is 0 Å². The Morgan fingerprint density at radius 1 is 1.41 bits per heavy atom. The number of amides is 1. The molecule has 17 heavy (non-hydrogen) atoms. The molecule has 1 amide bonds. The lowest BCUT2D eigenvalue weighted by Crippen LogP contribution is -2.50. The molecular formula is C12H24N2O3. The van der Waals surface area contributed by atoms with Gasteiger partial charge in [-0.1, -0.05) is 0 Å². The summed E-state index contributed by atoms with van der Waals surface area (Å²) in [7, 11) is 1.66. The van der Waals surface area contributed by atoms with Crippen molar-refractivity contribution in [3.63, 3.8) is 0 Å². The highest BCUT2D eigenvalue weighted by molar-refractivity contribution is 5.78. The van der Waals surface area contributed by atoms with E-state index in [9.17, 15) is 4.79 Å². The number of carbonyl (C=O) groups excluding carboxylic acids is 1. The summed E-state index contributed by atoms with van der Waals surface area (Å²) in [5, 5.41) is 6.19. The molecule has 0 aromatic carbocycles. The summed E-state index contributed by atoms with van der Waals surface area (Å²) in [6, 6.07) is 0.267. The van der Waals surface area contributed by atoms with Crippen LogP contribution in [0.25, 0.3) is 0 Å². The van der Waals surface area contributed by atoms with Crippen LogP contribution in [0.4, 0.5) is 0 Å². The van der Waals surface area contributed by atoms with Crippen molar-refractivity contribution < 1.29 is 14.3 Å². The van der Waals surface area contributed by atoms with Crippen LogP contribution in [0.15, 0.2) is 0 Å². The van der Waals surface area contributed by atoms with E-state index >= 15 is 0 Å². The van der Waals surface area contributed by atoms with E-state index in [1.807, 2.05) is 13.8 Å². The average molecular weight is 244 g/mol. The first-order valence-electron chi connectivity index (χ1n) is 6.14. The van der Waals surface area contributed by atoms with Gasteiger partial charge in [0.1, 0.15) is 0 Å². The Balaban J connectivity index is 2.20. The first-order valence-corrected chi connectivity index (χ1v) is 6.14. The van der Waals surface area contributed by atoms with E-state index < -0.39 is 0 Å². The monoisotopic (exact) mass is 244 g/mol. The molecule has 2 N–H and O–H groups in total. The summed E-state index contributed by atoms with van der Waals surface area (Å²) in [5.74, 6) is 0.0427. The highest BCUT2D eigenvalue weighted by Gasteiger charge is 2.20. The van der Waals surface area contributed by atoms with Crippen molar-refractivity contribution in [2.45, 2.75) is 38.3 Å². The minimum absolute atomic E-state index is 0.0427. The Hall–Kier alpha value is -0.650. The second-order valence-electron chi connectivity index (χ2n) is 5.12. The molecule has 1 aliphatic heterocycles. The fourth-order valence-electron chi connectivity index (χ4n) is 1.85. The van der Waals surface area contributed by atoms with Gasteiger partial charge in [-0.3, -0.25) is 4.79 Å². The largest absolute Gasteiger partial charge is 0.383 e. The van der Waals surface area contributed by atoms with Gasteiger partial charge in [0.15, 0.2) is 0 Å². The third kappa shape index (κ3) is 6.00. The lowest BCUT2D eigenvalue weighted by Gasteiger charge is -2.27. The van der Waals surface area contributed by atoms with Gasteiger partial charge >= 0.3 is 0 Å². The van der Waals surface area contributed by atoms with Gasteiger partial charge in [-0.2, -0.15) is 0 Å². The van der Waals surface area contributed by atoms with E-state index in [-0.39, 0.29) is 17.5 Å². The fraction of sp³-hybridized carbons (Fsp3) is 0.917. The highest BCUT2D eigenvalue weighted by atomic mass is 16.5. The molecule has 0 aliphatic carbocycles. The molecule has 0 aromatic rings. The Kier molecular flexibility index (Phi) is 5.88. The maximum atomic E-state index is 11.7. The third-order valence-electron chi connectivity index (χ3n) is 2.82. The van der Waals surface area contributed by atoms with Crippen molar-refractivity contribution in [2.75, 3.05) is 33.5 Å². The maximum absolute atomic E-state index is 11.7. The zero-order chi connectivity index (χ0) is 12.7. The quantitative estimate of drug-likeness (QED) is 0.705. The Bertz CT molecular complexity index is 238. The van der Waals surface area contributed by atoms with Crippen LogP contribution in [-0.4, -0.2) is 51.0 Å². The molecule has 0 bridgehead atoms. The van der Waals surface area contributed by atoms with Crippen LogP contribution >= 0.6 is 0 Å². The number of hydrogen-bond acceptors (Lipinski definition) is 4. The molecule has 1 fully saturated rings. The second kappa shape index (κ2) is 6.93. The Morgan fingerprint density at radius 2 is 2.06 bits per heavy atom. The molecule has 1 heterocycles. The fourth-order valence-corrected chi connectivity index (χ4v) is 1.85. The Morgan fingerprint density at radius 3 is 2.65 bits per heavy atom. The topological polar surface area (TPSA) is 59.6 Å². The minimum atomic E-state index is -0.179. The third-order valence-corrected chi connectivity index (χ3v) is 2.82. The van der Waals surface area contributed by atoms with Crippen LogP contribution in [0.1, 0.15) is 26.7 Å². The summed E-state index contributed by atoms with van der Waals surface area (Å²) in [6.07, 6.45) is 1.82. The van der Waals surface area contributed by atoms with E-state index in [0.29, 0.717) is 13.2 Å². The second-order valence-corrected chi connectivity index (χ2v) is 5.12. The first kappa shape index (κ1) is 14.4. The molecule has 0 aromatic heterocycles. The standard InChI is InChI=1S/C12H24N2O3/c1-12(2,9-16-3)13-8-11(15)14-10-4-6-17-7-5-10/h10,13H,4-9H2,1-3H3,(H,14,15). The summed E-state index contributed by atoms with van der Waals surface area (Å²) >= 11 is 0. The lowest BCUT2D eigenvalue weighted by atomic mass is 10.1. The van der Waals surface area contributed by atoms with Crippen molar-refractivity contribution in [1.82, 2.24) is 10.6 Å². The molecule has 0 atom stereocenters. The normalized spacial score (nSPS) is 18.1. The molecule has 5 heteroatoms. The molecular weight excluding hydrogens is 220 g/mol. The van der Waals surface area contributed by atoms with E-state index in [1.54, 1.807) is 7.11 Å². The van der Waals surface area contributed by atoms with Crippen molar-refractivity contribution in [3.05, 3.63) is 0 Å². The Labute approximate surface area is 103 Å². The van der Waals surface area contributed by atoms with Gasteiger partial charge in [-0.15, -0.1) is 0 Å². The molecule has 1 aliphatic rings. The van der Waals surface area contributed by atoms with Crippen LogP contribution in [-0.2, 0) is 14.3 Å². The number of hydrogen-bond donors (Lipinski definition) is 2. The van der Waals surface area contributed by atoms with Gasteiger partial charge in [-0.25, -0.2) is 0 Å². The molecule has 0 saturated carbocycles. The van der Waals surface area contributed by atoms with E-state index in [4.69, 9.17) is 9.47 Å². The maximum Gasteiger partial charge on any atom is 0.234 e. The number of carbonyl (C=O) groups is 1. The summed E-state index contributed by atoms with van der Waals surface area (Å²) in [6.45, 7) is 6.42. The van der Waals surface area contributed by atoms with Crippen molar-refractivity contribution >= 4 is 5.91 Å². The first-order chi connectivity index (χ1) is 8.03. The van der Waals surface area contributed by atoms with Crippen LogP contribution in [0.5, 0.6) is 0 Å². The summed E-state index contributed by atoms with van der Waals surface area (Å²) < 4.78 is 10.3. The molecule has 1 saturated heterocycles. The van der Waals surface area contributed by atoms with E-state index in [1.165, 1.54) is 0 Å². The van der Waals surface area contributed by atoms with Crippen molar-refractivity contribution in [3.8, 4) is 0 Å². The molecule has 5 nitrogen and oxygen atoms in total. The van der Waals surface area contributed by atoms with Gasteiger partial charge in [0, 0.05) is 31.9 Å². The summed E-state index contributed by atoms with van der Waals surface area (Å²) in [5.41, 5.74) is -0.179. The highest BCUT2D eigenvalue weighted by Crippen LogP contribution is 2.06. The van der Waals surface area contributed by atoms with Gasteiger partial charge in [0.2, 0.25) is 5.91 Å². The SMILES string of the molecule is COCC(C)(C)NCC(=O)NC1CCOCC1. The summed E-state index contributed by atoms with van der Waals surface area (Å²) in [4.78, 5) is 11.7. The number of nitrogens with one attached hydrogen (secondary N) is 2. The van der Waals surface area contributed by atoms with Gasteiger partial charge in [-0.05, 0) is 26.7 Å². The van der Waals surface area contributed by atoms with Gasteiger partial charge in [0.05, 0.1) is 13.2 Å².